The second-order valence-corrected chi connectivity index (χ2v) is 4.14. The van der Waals surface area contributed by atoms with Gasteiger partial charge in [0.2, 0.25) is 0 Å². The van der Waals surface area contributed by atoms with E-state index in [4.69, 9.17) is 4.74 Å². The molecular formula is C14H14O4. The number of cyclic esters (lactones) is 1. The number of carbonyl (C=O) groups is 2. The summed E-state index contributed by atoms with van der Waals surface area (Å²) in [6, 6.07) is 9.44. The van der Waals surface area contributed by atoms with Crippen molar-refractivity contribution in [1.82, 2.24) is 0 Å². The molecule has 94 valence electrons. The molecule has 18 heavy (non-hydrogen) atoms. The van der Waals surface area contributed by atoms with Gasteiger partial charge in [0.1, 0.15) is 6.10 Å². The van der Waals surface area contributed by atoms with Gasteiger partial charge in [-0.2, -0.15) is 0 Å². The lowest BCUT2D eigenvalue weighted by molar-refractivity contribution is -0.146. The zero-order chi connectivity index (χ0) is 13.1. The number of hydrogen-bond acceptors (Lipinski definition) is 4. The highest BCUT2D eigenvalue weighted by Gasteiger charge is 2.39. The molecule has 0 spiro atoms. The molecule has 4 nitrogen and oxygen atoms in total. The smallest absolute Gasteiger partial charge is 0.334 e. The third-order valence-electron chi connectivity index (χ3n) is 3.03. The van der Waals surface area contributed by atoms with Crippen LogP contribution < -0.4 is 0 Å². The molecule has 1 aromatic carbocycles. The number of carbonyl (C=O) groups excluding carboxylic acids is 2. The molecule has 0 aliphatic carbocycles. The Kier molecular flexibility index (Phi) is 3.46. The fourth-order valence-electron chi connectivity index (χ4n) is 2.01. The maximum Gasteiger partial charge on any atom is 0.334 e. The lowest BCUT2D eigenvalue weighted by Gasteiger charge is -2.08. The first-order valence-electron chi connectivity index (χ1n) is 5.66. The van der Waals surface area contributed by atoms with E-state index in [-0.39, 0.29) is 11.7 Å². The van der Waals surface area contributed by atoms with Crippen molar-refractivity contribution in [1.29, 1.82) is 0 Å². The molecule has 0 unspecified atom stereocenters. The normalized spacial score (nSPS) is 22.4. The van der Waals surface area contributed by atoms with E-state index in [1.807, 2.05) is 30.3 Å². The minimum absolute atomic E-state index is 0.154. The fourth-order valence-corrected chi connectivity index (χ4v) is 2.01. The van der Waals surface area contributed by atoms with E-state index in [9.17, 15) is 9.59 Å². The minimum atomic E-state index is -0.609. The summed E-state index contributed by atoms with van der Waals surface area (Å²) in [5.41, 5.74) is 1.08. The molecule has 1 aliphatic rings. The van der Waals surface area contributed by atoms with Gasteiger partial charge >= 0.3 is 11.9 Å². The summed E-state index contributed by atoms with van der Waals surface area (Å²) >= 11 is 0. The monoisotopic (exact) mass is 246 g/mol. The first-order valence-corrected chi connectivity index (χ1v) is 5.66. The summed E-state index contributed by atoms with van der Waals surface area (Å²) in [5, 5.41) is 0. The third-order valence-corrected chi connectivity index (χ3v) is 3.03. The molecule has 1 aliphatic heterocycles. The van der Waals surface area contributed by atoms with Crippen molar-refractivity contribution in [2.45, 2.75) is 12.5 Å². The Morgan fingerprint density at radius 3 is 2.67 bits per heavy atom. The van der Waals surface area contributed by atoms with Gasteiger partial charge in [-0.05, 0) is 5.56 Å². The molecule has 0 saturated carbocycles. The van der Waals surface area contributed by atoms with E-state index in [1.165, 1.54) is 7.11 Å². The molecule has 2 atom stereocenters. The Morgan fingerprint density at radius 1 is 1.39 bits per heavy atom. The van der Waals surface area contributed by atoms with Crippen LogP contribution in [-0.2, 0) is 19.1 Å². The predicted molar refractivity (Wildman–Crippen MR) is 64.5 cm³/mol. The molecule has 2 rings (SSSR count). The predicted octanol–water partition coefficient (Wildman–Crippen LogP) is 2.02. The highest BCUT2D eigenvalue weighted by molar-refractivity contribution is 5.95. The van der Waals surface area contributed by atoms with Crippen LogP contribution in [0, 0.1) is 5.92 Å². The molecule has 4 heteroatoms. The van der Waals surface area contributed by atoms with E-state index in [0.29, 0.717) is 6.42 Å². The van der Waals surface area contributed by atoms with Crippen molar-refractivity contribution in [3.05, 3.63) is 48.0 Å². The summed E-state index contributed by atoms with van der Waals surface area (Å²) in [6.45, 7) is 3.61. The standard InChI is InChI=1S/C14H14O4/c1-9(13(15)17-2)11-8-12(18-14(11)16)10-6-4-3-5-7-10/h3-7,11-12H,1,8H2,2H3/t11-,12+/m1/s1. The first kappa shape index (κ1) is 12.4. The van der Waals surface area contributed by atoms with Gasteiger partial charge in [0.15, 0.2) is 0 Å². The number of benzene rings is 1. The molecule has 1 aromatic rings. The summed E-state index contributed by atoms with van der Waals surface area (Å²) < 4.78 is 9.84. The van der Waals surface area contributed by atoms with Crippen LogP contribution in [-0.4, -0.2) is 19.0 Å². The molecule has 0 N–H and O–H groups in total. The lowest BCUT2D eigenvalue weighted by atomic mass is 9.94. The second kappa shape index (κ2) is 5.04. The molecule has 0 bridgehead atoms. The van der Waals surface area contributed by atoms with E-state index >= 15 is 0 Å². The molecule has 0 aromatic heterocycles. The second-order valence-electron chi connectivity index (χ2n) is 4.14. The van der Waals surface area contributed by atoms with Crippen molar-refractivity contribution in [3.63, 3.8) is 0 Å². The summed E-state index contributed by atoms with van der Waals surface area (Å²) in [6.07, 6.45) is 0.113. The van der Waals surface area contributed by atoms with Crippen LogP contribution in [0.4, 0.5) is 0 Å². The molecular weight excluding hydrogens is 232 g/mol. The molecule has 0 radical (unpaired) electrons. The fraction of sp³-hybridized carbons (Fsp3) is 0.286. The highest BCUT2D eigenvalue weighted by Crippen LogP contribution is 2.36. The van der Waals surface area contributed by atoms with Crippen LogP contribution >= 0.6 is 0 Å². The molecule has 1 saturated heterocycles. The molecule has 1 heterocycles. The van der Waals surface area contributed by atoms with E-state index < -0.39 is 17.9 Å². The average Bonchev–Trinajstić information content (AvgIpc) is 2.80. The Balaban J connectivity index is 2.12. The van der Waals surface area contributed by atoms with E-state index in [2.05, 4.69) is 11.3 Å². The van der Waals surface area contributed by atoms with Gasteiger partial charge in [-0.3, -0.25) is 4.79 Å². The minimum Gasteiger partial charge on any atom is -0.466 e. The number of rotatable bonds is 3. The van der Waals surface area contributed by atoms with Crippen LogP contribution in [0.3, 0.4) is 0 Å². The van der Waals surface area contributed by atoms with Gasteiger partial charge in [-0.1, -0.05) is 36.9 Å². The first-order chi connectivity index (χ1) is 8.63. The number of ether oxygens (including phenoxy) is 2. The highest BCUT2D eigenvalue weighted by atomic mass is 16.6. The number of methoxy groups -OCH3 is 1. The summed E-state index contributed by atoms with van der Waals surface area (Å²) in [4.78, 5) is 23.1. The van der Waals surface area contributed by atoms with Crippen LogP contribution in [0.2, 0.25) is 0 Å². The van der Waals surface area contributed by atoms with Crippen molar-refractivity contribution < 1.29 is 19.1 Å². The zero-order valence-electron chi connectivity index (χ0n) is 10.1. The Labute approximate surface area is 105 Å². The SMILES string of the molecule is C=C(C(=O)OC)[C@H]1C[C@@H](c2ccccc2)OC1=O. The van der Waals surface area contributed by atoms with Crippen LogP contribution in [0.5, 0.6) is 0 Å². The molecule has 1 fully saturated rings. The largest absolute Gasteiger partial charge is 0.466 e. The van der Waals surface area contributed by atoms with Gasteiger partial charge in [0, 0.05) is 12.0 Å². The Morgan fingerprint density at radius 2 is 2.06 bits per heavy atom. The van der Waals surface area contributed by atoms with Gasteiger partial charge in [0.05, 0.1) is 13.0 Å². The van der Waals surface area contributed by atoms with Crippen molar-refractivity contribution in [2.75, 3.05) is 7.11 Å². The zero-order valence-corrected chi connectivity index (χ0v) is 10.1. The third kappa shape index (κ3) is 2.27. The van der Waals surface area contributed by atoms with Crippen LogP contribution in [0.15, 0.2) is 42.5 Å². The van der Waals surface area contributed by atoms with Crippen molar-refractivity contribution >= 4 is 11.9 Å². The van der Waals surface area contributed by atoms with Gasteiger partial charge in [0.25, 0.3) is 0 Å². The summed E-state index contributed by atoms with van der Waals surface area (Å²) in [5.74, 6) is -1.59. The Hall–Kier alpha value is -2.10. The van der Waals surface area contributed by atoms with Gasteiger partial charge < -0.3 is 9.47 Å². The van der Waals surface area contributed by atoms with Crippen LogP contribution in [0.25, 0.3) is 0 Å². The topological polar surface area (TPSA) is 52.6 Å². The maximum absolute atomic E-state index is 11.7. The van der Waals surface area contributed by atoms with Crippen molar-refractivity contribution in [3.8, 4) is 0 Å². The maximum atomic E-state index is 11.7. The van der Waals surface area contributed by atoms with E-state index in [0.717, 1.165) is 5.56 Å². The van der Waals surface area contributed by atoms with Gasteiger partial charge in [-0.25, -0.2) is 4.79 Å². The van der Waals surface area contributed by atoms with Gasteiger partial charge in [-0.15, -0.1) is 0 Å². The average molecular weight is 246 g/mol. The number of hydrogen-bond donors (Lipinski definition) is 0. The van der Waals surface area contributed by atoms with Crippen molar-refractivity contribution in [2.24, 2.45) is 5.92 Å². The van der Waals surface area contributed by atoms with Crippen LogP contribution in [0.1, 0.15) is 18.1 Å². The quantitative estimate of drug-likeness (QED) is 0.604. The summed E-state index contributed by atoms with van der Waals surface area (Å²) in [7, 11) is 1.27. The molecule has 0 amide bonds. The van der Waals surface area contributed by atoms with E-state index in [1.54, 1.807) is 0 Å². The lowest BCUT2D eigenvalue weighted by Crippen LogP contribution is -2.17. The Bertz CT molecular complexity index is 478. The number of esters is 2.